The van der Waals surface area contributed by atoms with Crippen molar-refractivity contribution in [3.63, 3.8) is 0 Å². The quantitative estimate of drug-likeness (QED) is 0.893. The fourth-order valence-electron chi connectivity index (χ4n) is 3.07. The minimum atomic E-state index is 0.221. The molecule has 0 bridgehead atoms. The molecule has 0 aliphatic rings. The van der Waals surface area contributed by atoms with Gasteiger partial charge in [0, 0.05) is 18.8 Å². The molecule has 21 heavy (non-hydrogen) atoms. The van der Waals surface area contributed by atoms with E-state index < -0.39 is 0 Å². The summed E-state index contributed by atoms with van der Waals surface area (Å²) in [5, 5.41) is 0. The summed E-state index contributed by atoms with van der Waals surface area (Å²) in [6.07, 6.45) is 0. The molecule has 0 saturated heterocycles. The molecule has 0 aromatic heterocycles. The Morgan fingerprint density at radius 3 is 2.00 bits per heavy atom. The zero-order valence-electron chi connectivity index (χ0n) is 13.6. The Labute approximate surface area is 128 Å². The normalized spacial score (nSPS) is 12.2. The summed E-state index contributed by atoms with van der Waals surface area (Å²) in [5.74, 6) is 0. The van der Waals surface area contributed by atoms with E-state index in [0.717, 1.165) is 6.54 Å². The molecule has 112 valence electrons. The van der Waals surface area contributed by atoms with Gasteiger partial charge >= 0.3 is 0 Å². The fourth-order valence-corrected chi connectivity index (χ4v) is 3.07. The van der Waals surface area contributed by atoms with Crippen molar-refractivity contribution in [3.05, 3.63) is 64.7 Å². The van der Waals surface area contributed by atoms with Crippen LogP contribution in [0.3, 0.4) is 0 Å². The first-order chi connectivity index (χ1) is 10.1. The third kappa shape index (κ3) is 3.27. The number of hydrogen-bond donors (Lipinski definition) is 1. The van der Waals surface area contributed by atoms with Crippen LogP contribution >= 0.6 is 0 Å². The van der Waals surface area contributed by atoms with Crippen LogP contribution in [-0.2, 0) is 0 Å². The molecule has 0 amide bonds. The second-order valence-corrected chi connectivity index (χ2v) is 5.68. The Morgan fingerprint density at radius 1 is 0.952 bits per heavy atom. The lowest BCUT2D eigenvalue weighted by molar-refractivity contribution is 0.636. The molecule has 0 spiro atoms. The number of aryl methyl sites for hydroxylation is 3. The van der Waals surface area contributed by atoms with E-state index in [4.69, 9.17) is 5.73 Å². The predicted molar refractivity (Wildman–Crippen MR) is 91.9 cm³/mol. The molecule has 0 radical (unpaired) electrons. The zero-order chi connectivity index (χ0) is 15.4. The molecular formula is C19H26N2. The number of nitrogens with zero attached hydrogens (tertiary/aromatic N) is 1. The summed E-state index contributed by atoms with van der Waals surface area (Å²) in [6.45, 7) is 10.2. The number of hydrogen-bond acceptors (Lipinski definition) is 2. The first kappa shape index (κ1) is 15.6. The van der Waals surface area contributed by atoms with E-state index in [2.05, 4.69) is 75.1 Å². The van der Waals surface area contributed by atoms with Crippen LogP contribution in [-0.4, -0.2) is 13.1 Å². The molecule has 1 atom stereocenters. The summed E-state index contributed by atoms with van der Waals surface area (Å²) in [4.78, 5) is 2.40. The van der Waals surface area contributed by atoms with Gasteiger partial charge in [-0.05, 0) is 56.5 Å². The summed E-state index contributed by atoms with van der Waals surface area (Å²) in [7, 11) is 0. The maximum absolute atomic E-state index is 6.14. The lowest BCUT2D eigenvalue weighted by atomic mass is 9.94. The summed E-state index contributed by atoms with van der Waals surface area (Å²) in [6, 6.07) is 15.4. The van der Waals surface area contributed by atoms with Crippen molar-refractivity contribution in [2.24, 2.45) is 5.73 Å². The SMILES string of the molecule is CCN(c1ccc(C)cc1)C(CN)c1c(C)cccc1C. The maximum Gasteiger partial charge on any atom is 0.0669 e. The minimum Gasteiger partial charge on any atom is -0.363 e. The standard InChI is InChI=1S/C19H26N2/c1-5-21(17-11-9-14(2)10-12-17)18(13-20)19-15(3)7-6-8-16(19)4/h6-12,18H,5,13,20H2,1-4H3. The van der Waals surface area contributed by atoms with Crippen LogP contribution in [0.2, 0.25) is 0 Å². The Morgan fingerprint density at radius 2 is 1.52 bits per heavy atom. The van der Waals surface area contributed by atoms with Gasteiger partial charge in [-0.3, -0.25) is 0 Å². The molecule has 2 heteroatoms. The van der Waals surface area contributed by atoms with Crippen molar-refractivity contribution < 1.29 is 0 Å². The van der Waals surface area contributed by atoms with Crippen LogP contribution in [0.25, 0.3) is 0 Å². The molecule has 2 N–H and O–H groups in total. The van der Waals surface area contributed by atoms with Crippen molar-refractivity contribution in [2.75, 3.05) is 18.0 Å². The van der Waals surface area contributed by atoms with E-state index in [1.54, 1.807) is 0 Å². The number of nitrogens with two attached hydrogens (primary N) is 1. The van der Waals surface area contributed by atoms with Gasteiger partial charge in [0.2, 0.25) is 0 Å². The van der Waals surface area contributed by atoms with E-state index in [0.29, 0.717) is 6.54 Å². The monoisotopic (exact) mass is 282 g/mol. The van der Waals surface area contributed by atoms with Crippen molar-refractivity contribution in [1.29, 1.82) is 0 Å². The molecule has 0 aliphatic carbocycles. The summed E-state index contributed by atoms with van der Waals surface area (Å²) >= 11 is 0. The maximum atomic E-state index is 6.14. The van der Waals surface area contributed by atoms with E-state index in [9.17, 15) is 0 Å². The largest absolute Gasteiger partial charge is 0.363 e. The molecule has 2 aromatic carbocycles. The molecule has 2 nitrogen and oxygen atoms in total. The highest BCUT2D eigenvalue weighted by Crippen LogP contribution is 2.30. The fraction of sp³-hybridized carbons (Fsp3) is 0.368. The summed E-state index contributed by atoms with van der Waals surface area (Å²) < 4.78 is 0. The number of rotatable bonds is 5. The second-order valence-electron chi connectivity index (χ2n) is 5.68. The van der Waals surface area contributed by atoms with E-state index in [1.807, 2.05) is 0 Å². The van der Waals surface area contributed by atoms with Gasteiger partial charge in [0.25, 0.3) is 0 Å². The molecule has 0 saturated carbocycles. The lowest BCUT2D eigenvalue weighted by Gasteiger charge is -2.34. The highest BCUT2D eigenvalue weighted by Gasteiger charge is 2.21. The molecule has 0 heterocycles. The van der Waals surface area contributed by atoms with Gasteiger partial charge in [0.05, 0.1) is 6.04 Å². The van der Waals surface area contributed by atoms with Crippen LogP contribution < -0.4 is 10.6 Å². The Hall–Kier alpha value is -1.80. The predicted octanol–water partition coefficient (Wildman–Crippen LogP) is 4.14. The van der Waals surface area contributed by atoms with Gasteiger partial charge < -0.3 is 10.6 Å². The summed E-state index contributed by atoms with van der Waals surface area (Å²) in [5.41, 5.74) is 12.7. The smallest absolute Gasteiger partial charge is 0.0669 e. The van der Waals surface area contributed by atoms with Gasteiger partial charge in [0.15, 0.2) is 0 Å². The van der Waals surface area contributed by atoms with Crippen molar-refractivity contribution in [2.45, 2.75) is 33.7 Å². The molecule has 0 fully saturated rings. The van der Waals surface area contributed by atoms with Crippen LogP contribution in [0, 0.1) is 20.8 Å². The second kappa shape index (κ2) is 6.77. The molecule has 0 aliphatic heterocycles. The van der Waals surface area contributed by atoms with E-state index >= 15 is 0 Å². The average molecular weight is 282 g/mol. The third-order valence-corrected chi connectivity index (χ3v) is 4.18. The number of likely N-dealkylation sites (N-methyl/N-ethyl adjacent to an activating group) is 1. The lowest BCUT2D eigenvalue weighted by Crippen LogP contribution is -2.34. The Bertz CT molecular complexity index is 567. The minimum absolute atomic E-state index is 0.221. The average Bonchev–Trinajstić information content (AvgIpc) is 2.47. The zero-order valence-corrected chi connectivity index (χ0v) is 13.6. The van der Waals surface area contributed by atoms with Crippen molar-refractivity contribution in [3.8, 4) is 0 Å². The van der Waals surface area contributed by atoms with E-state index in [1.165, 1.54) is 27.9 Å². The van der Waals surface area contributed by atoms with Gasteiger partial charge in [0.1, 0.15) is 0 Å². The van der Waals surface area contributed by atoms with Crippen molar-refractivity contribution in [1.82, 2.24) is 0 Å². The van der Waals surface area contributed by atoms with Gasteiger partial charge in [-0.25, -0.2) is 0 Å². The Balaban J connectivity index is 2.45. The van der Waals surface area contributed by atoms with Gasteiger partial charge in [-0.1, -0.05) is 35.9 Å². The number of benzene rings is 2. The molecule has 2 rings (SSSR count). The van der Waals surface area contributed by atoms with Crippen LogP contribution in [0.1, 0.15) is 35.2 Å². The highest BCUT2D eigenvalue weighted by atomic mass is 15.2. The number of anilines is 1. The molecule has 2 aromatic rings. The first-order valence-corrected chi connectivity index (χ1v) is 7.68. The Kier molecular flexibility index (Phi) is 5.03. The van der Waals surface area contributed by atoms with Crippen molar-refractivity contribution >= 4 is 5.69 Å². The first-order valence-electron chi connectivity index (χ1n) is 7.68. The van der Waals surface area contributed by atoms with Gasteiger partial charge in [-0.15, -0.1) is 0 Å². The molecular weight excluding hydrogens is 256 g/mol. The topological polar surface area (TPSA) is 29.3 Å². The van der Waals surface area contributed by atoms with E-state index in [-0.39, 0.29) is 6.04 Å². The van der Waals surface area contributed by atoms with Crippen LogP contribution in [0.4, 0.5) is 5.69 Å². The van der Waals surface area contributed by atoms with Gasteiger partial charge in [-0.2, -0.15) is 0 Å². The van der Waals surface area contributed by atoms with Crippen LogP contribution in [0.15, 0.2) is 42.5 Å². The third-order valence-electron chi connectivity index (χ3n) is 4.18. The molecule has 1 unspecified atom stereocenters. The van der Waals surface area contributed by atoms with Crippen LogP contribution in [0.5, 0.6) is 0 Å². The highest BCUT2D eigenvalue weighted by molar-refractivity contribution is 5.52.